The van der Waals surface area contributed by atoms with Crippen molar-refractivity contribution in [3.63, 3.8) is 0 Å². The highest BCUT2D eigenvalue weighted by Gasteiger charge is 2.07. The first-order valence-electron chi connectivity index (χ1n) is 4.69. The molecule has 74 valence electrons. The number of aliphatic hydroxyl groups excluding tert-OH is 1. The smallest absolute Gasteiger partial charge is 0.0991 e. The van der Waals surface area contributed by atoms with Crippen molar-refractivity contribution in [1.82, 2.24) is 4.98 Å². The zero-order valence-electron chi connectivity index (χ0n) is 8.31. The Balaban J connectivity index is 2.77. The molecule has 0 saturated carbocycles. The molecular weight excluding hydrogens is 188 g/mol. The van der Waals surface area contributed by atoms with Gasteiger partial charge in [-0.05, 0) is 36.8 Å². The number of pyridine rings is 1. The van der Waals surface area contributed by atoms with E-state index >= 15 is 0 Å². The number of hydrogen-bond acceptors (Lipinski definition) is 3. The summed E-state index contributed by atoms with van der Waals surface area (Å²) in [7, 11) is 0. The third-order valence-electron chi connectivity index (χ3n) is 2.35. The second-order valence-electron chi connectivity index (χ2n) is 3.42. The van der Waals surface area contributed by atoms with Crippen molar-refractivity contribution in [1.29, 1.82) is 5.26 Å². The number of nitrogens with zero attached hydrogens (tertiary/aromatic N) is 2. The molecule has 0 spiro atoms. The van der Waals surface area contributed by atoms with E-state index in [9.17, 15) is 5.11 Å². The maximum atomic E-state index is 9.57. The molecule has 3 heteroatoms. The Kier molecular flexibility index (Phi) is 2.36. The molecule has 15 heavy (non-hydrogen) atoms. The molecule has 0 aliphatic carbocycles. The average Bonchev–Trinajstić information content (AvgIpc) is 2.27. The third-order valence-corrected chi connectivity index (χ3v) is 2.35. The summed E-state index contributed by atoms with van der Waals surface area (Å²) in [6.45, 7) is 1.70. The summed E-state index contributed by atoms with van der Waals surface area (Å²) >= 11 is 0. The molecule has 1 N–H and O–H groups in total. The quantitative estimate of drug-likeness (QED) is 0.763. The number of aliphatic hydroxyl groups is 1. The predicted octanol–water partition coefficient (Wildman–Crippen LogP) is 2.16. The van der Waals surface area contributed by atoms with Crippen molar-refractivity contribution in [3.05, 3.63) is 41.6 Å². The monoisotopic (exact) mass is 198 g/mol. The van der Waals surface area contributed by atoms with Crippen LogP contribution in [0.4, 0.5) is 0 Å². The van der Waals surface area contributed by atoms with Gasteiger partial charge in [-0.3, -0.25) is 4.98 Å². The molecule has 1 atom stereocenters. The van der Waals surface area contributed by atoms with Gasteiger partial charge < -0.3 is 5.11 Å². The topological polar surface area (TPSA) is 56.9 Å². The van der Waals surface area contributed by atoms with Crippen molar-refractivity contribution in [3.8, 4) is 6.07 Å². The molecule has 0 saturated heterocycles. The van der Waals surface area contributed by atoms with Crippen LogP contribution >= 0.6 is 0 Å². The first-order chi connectivity index (χ1) is 7.22. The number of rotatable bonds is 1. The zero-order chi connectivity index (χ0) is 10.8. The minimum absolute atomic E-state index is 0.551. The van der Waals surface area contributed by atoms with E-state index in [0.717, 1.165) is 16.5 Å². The molecule has 1 aromatic carbocycles. The summed E-state index contributed by atoms with van der Waals surface area (Å²) in [5.41, 5.74) is 2.18. The van der Waals surface area contributed by atoms with Gasteiger partial charge in [-0.15, -0.1) is 0 Å². The van der Waals surface area contributed by atoms with Crippen LogP contribution in [0, 0.1) is 11.3 Å². The lowest BCUT2D eigenvalue weighted by atomic mass is 10.0. The largest absolute Gasteiger partial charge is 0.389 e. The normalized spacial score (nSPS) is 12.3. The maximum absolute atomic E-state index is 9.57. The zero-order valence-corrected chi connectivity index (χ0v) is 8.31. The van der Waals surface area contributed by atoms with E-state index in [2.05, 4.69) is 11.1 Å². The van der Waals surface area contributed by atoms with Crippen molar-refractivity contribution in [2.75, 3.05) is 0 Å². The lowest BCUT2D eigenvalue weighted by Gasteiger charge is -2.08. The van der Waals surface area contributed by atoms with E-state index in [1.807, 2.05) is 0 Å². The predicted molar refractivity (Wildman–Crippen MR) is 57.1 cm³/mol. The minimum Gasteiger partial charge on any atom is -0.389 e. The molecule has 0 aliphatic heterocycles. The summed E-state index contributed by atoms with van der Waals surface area (Å²) < 4.78 is 0. The molecular formula is C12H10N2O. The molecule has 0 amide bonds. The maximum Gasteiger partial charge on any atom is 0.0991 e. The fraction of sp³-hybridized carbons (Fsp3) is 0.167. The van der Waals surface area contributed by atoms with Crippen molar-refractivity contribution < 1.29 is 5.11 Å². The van der Waals surface area contributed by atoms with Crippen LogP contribution < -0.4 is 0 Å². The molecule has 2 aromatic rings. The van der Waals surface area contributed by atoms with Crippen LogP contribution in [0.3, 0.4) is 0 Å². The van der Waals surface area contributed by atoms with Gasteiger partial charge in [-0.25, -0.2) is 0 Å². The lowest BCUT2D eigenvalue weighted by Crippen LogP contribution is -1.94. The molecule has 0 fully saturated rings. The molecule has 2 rings (SSSR count). The van der Waals surface area contributed by atoms with Crippen LogP contribution in [0.2, 0.25) is 0 Å². The molecule has 1 unspecified atom stereocenters. The van der Waals surface area contributed by atoms with Gasteiger partial charge in [0.15, 0.2) is 0 Å². The summed E-state index contributed by atoms with van der Waals surface area (Å²) in [4.78, 5) is 4.18. The Labute approximate surface area is 87.6 Å². The number of hydrogen-bond donors (Lipinski definition) is 1. The van der Waals surface area contributed by atoms with E-state index in [-0.39, 0.29) is 0 Å². The van der Waals surface area contributed by atoms with E-state index in [1.54, 1.807) is 37.4 Å². The summed E-state index contributed by atoms with van der Waals surface area (Å²) in [5, 5.41) is 19.2. The number of benzene rings is 1. The molecule has 1 heterocycles. The van der Waals surface area contributed by atoms with Gasteiger partial charge in [0.05, 0.1) is 23.3 Å². The Morgan fingerprint density at radius 2 is 2.20 bits per heavy atom. The molecule has 3 nitrogen and oxygen atoms in total. The van der Waals surface area contributed by atoms with Crippen LogP contribution in [0.5, 0.6) is 0 Å². The standard InChI is InChI=1S/C12H10N2O/c1-8(15)10-4-5-14-12-3-2-9(7-13)6-11(10)12/h2-6,8,15H,1H3. The second kappa shape index (κ2) is 3.68. The molecule has 0 bridgehead atoms. The van der Waals surface area contributed by atoms with Crippen LogP contribution in [0.25, 0.3) is 10.9 Å². The van der Waals surface area contributed by atoms with Crippen molar-refractivity contribution in [2.24, 2.45) is 0 Å². The van der Waals surface area contributed by atoms with Gasteiger partial charge in [0, 0.05) is 11.6 Å². The fourth-order valence-corrected chi connectivity index (χ4v) is 1.60. The van der Waals surface area contributed by atoms with Crippen LogP contribution in [0.1, 0.15) is 24.2 Å². The number of fused-ring (bicyclic) bond motifs is 1. The summed E-state index contributed by atoms with van der Waals surface area (Å²) in [5.74, 6) is 0. The Morgan fingerprint density at radius 1 is 1.40 bits per heavy atom. The van der Waals surface area contributed by atoms with Gasteiger partial charge in [-0.2, -0.15) is 5.26 Å². The van der Waals surface area contributed by atoms with Crippen molar-refractivity contribution in [2.45, 2.75) is 13.0 Å². The Morgan fingerprint density at radius 3 is 2.87 bits per heavy atom. The number of aromatic nitrogens is 1. The highest BCUT2D eigenvalue weighted by molar-refractivity contribution is 5.83. The van der Waals surface area contributed by atoms with Crippen LogP contribution in [0.15, 0.2) is 30.5 Å². The van der Waals surface area contributed by atoms with E-state index in [4.69, 9.17) is 5.26 Å². The Bertz CT molecular complexity index is 541. The lowest BCUT2D eigenvalue weighted by molar-refractivity contribution is 0.201. The number of nitriles is 1. The highest BCUT2D eigenvalue weighted by Crippen LogP contribution is 2.23. The Hall–Kier alpha value is -1.92. The molecule has 1 aromatic heterocycles. The molecule has 0 aliphatic rings. The average molecular weight is 198 g/mol. The minimum atomic E-state index is -0.551. The molecule has 0 radical (unpaired) electrons. The third kappa shape index (κ3) is 1.67. The van der Waals surface area contributed by atoms with E-state index in [0.29, 0.717) is 5.56 Å². The first-order valence-corrected chi connectivity index (χ1v) is 4.69. The van der Waals surface area contributed by atoms with Gasteiger partial charge >= 0.3 is 0 Å². The van der Waals surface area contributed by atoms with Gasteiger partial charge in [0.1, 0.15) is 0 Å². The van der Waals surface area contributed by atoms with E-state index < -0.39 is 6.10 Å². The summed E-state index contributed by atoms with van der Waals surface area (Å²) in [6.07, 6.45) is 1.11. The van der Waals surface area contributed by atoms with Gasteiger partial charge in [-0.1, -0.05) is 0 Å². The van der Waals surface area contributed by atoms with Gasteiger partial charge in [0.2, 0.25) is 0 Å². The fourth-order valence-electron chi connectivity index (χ4n) is 1.60. The second-order valence-corrected chi connectivity index (χ2v) is 3.42. The van der Waals surface area contributed by atoms with Crippen molar-refractivity contribution >= 4 is 10.9 Å². The van der Waals surface area contributed by atoms with Crippen LogP contribution in [-0.4, -0.2) is 10.1 Å². The first kappa shape index (κ1) is 9.63. The summed E-state index contributed by atoms with van der Waals surface area (Å²) in [6, 6.07) is 9.12. The SMILES string of the molecule is CC(O)c1ccnc2ccc(C#N)cc12. The highest BCUT2D eigenvalue weighted by atomic mass is 16.3. The van der Waals surface area contributed by atoms with E-state index in [1.165, 1.54) is 0 Å². The van der Waals surface area contributed by atoms with Gasteiger partial charge in [0.25, 0.3) is 0 Å². The van der Waals surface area contributed by atoms with Crippen LogP contribution in [-0.2, 0) is 0 Å².